The molecule has 0 radical (unpaired) electrons. The molecule has 1 saturated heterocycles. The Morgan fingerprint density at radius 2 is 1.90 bits per heavy atom. The van der Waals surface area contributed by atoms with Crippen LogP contribution >= 0.6 is 0 Å². The molecule has 1 heterocycles. The standard InChI is InChI=1S/C13H18F2N2O3S/c14-13(15)21(18,19)12-4-2-1-3-11(12)16-5-6-17-7-9-20-10-8-17/h1-4,13,16H,5-10H2. The van der Waals surface area contributed by atoms with Gasteiger partial charge in [0, 0.05) is 26.2 Å². The number of anilines is 1. The molecule has 8 heteroatoms. The predicted octanol–water partition coefficient (Wildman–Crippen LogP) is 1.43. The van der Waals surface area contributed by atoms with Crippen LogP contribution in [0.2, 0.25) is 0 Å². The summed E-state index contributed by atoms with van der Waals surface area (Å²) in [5, 5.41) is 2.93. The Labute approximate surface area is 122 Å². The molecule has 1 aromatic rings. The molecule has 0 bridgehead atoms. The molecule has 0 aromatic heterocycles. The van der Waals surface area contributed by atoms with E-state index in [0.29, 0.717) is 26.3 Å². The smallest absolute Gasteiger partial charge is 0.341 e. The van der Waals surface area contributed by atoms with Gasteiger partial charge in [-0.3, -0.25) is 4.90 Å². The number of benzene rings is 1. The van der Waals surface area contributed by atoms with E-state index in [-0.39, 0.29) is 10.6 Å². The number of sulfone groups is 1. The van der Waals surface area contributed by atoms with Gasteiger partial charge in [-0.15, -0.1) is 0 Å². The van der Waals surface area contributed by atoms with Crippen LogP contribution < -0.4 is 5.32 Å². The highest BCUT2D eigenvalue weighted by Crippen LogP contribution is 2.25. The first-order chi connectivity index (χ1) is 10.0. The molecule has 0 aliphatic carbocycles. The third-order valence-electron chi connectivity index (χ3n) is 3.28. The minimum Gasteiger partial charge on any atom is -0.383 e. The van der Waals surface area contributed by atoms with Crippen LogP contribution in [0.15, 0.2) is 29.2 Å². The number of nitrogens with one attached hydrogen (secondary N) is 1. The van der Waals surface area contributed by atoms with E-state index >= 15 is 0 Å². The van der Waals surface area contributed by atoms with Gasteiger partial charge >= 0.3 is 5.76 Å². The Morgan fingerprint density at radius 1 is 1.24 bits per heavy atom. The predicted molar refractivity (Wildman–Crippen MR) is 75.4 cm³/mol. The van der Waals surface area contributed by atoms with Gasteiger partial charge in [0.05, 0.1) is 23.8 Å². The Balaban J connectivity index is 2.00. The summed E-state index contributed by atoms with van der Waals surface area (Å²) in [6.07, 6.45) is 0. The van der Waals surface area contributed by atoms with E-state index in [1.165, 1.54) is 18.2 Å². The van der Waals surface area contributed by atoms with E-state index in [0.717, 1.165) is 13.1 Å². The van der Waals surface area contributed by atoms with Crippen molar-refractivity contribution in [2.75, 3.05) is 44.7 Å². The summed E-state index contributed by atoms with van der Waals surface area (Å²) < 4.78 is 53.7. The fourth-order valence-electron chi connectivity index (χ4n) is 2.13. The second kappa shape index (κ2) is 7.15. The van der Waals surface area contributed by atoms with Crippen LogP contribution in [0.25, 0.3) is 0 Å². The van der Waals surface area contributed by atoms with Gasteiger partial charge in [-0.1, -0.05) is 12.1 Å². The topological polar surface area (TPSA) is 58.6 Å². The van der Waals surface area contributed by atoms with Crippen LogP contribution in [-0.4, -0.2) is 58.5 Å². The molecule has 1 aliphatic heterocycles. The Hall–Kier alpha value is -1.25. The summed E-state index contributed by atoms with van der Waals surface area (Å²) in [4.78, 5) is 1.81. The van der Waals surface area contributed by atoms with Crippen molar-refractivity contribution in [3.05, 3.63) is 24.3 Å². The molecule has 0 unspecified atom stereocenters. The van der Waals surface area contributed by atoms with Gasteiger partial charge in [0.1, 0.15) is 0 Å². The Kier molecular flexibility index (Phi) is 5.49. The average molecular weight is 320 g/mol. The molecular formula is C13H18F2N2O3S. The Bertz CT molecular complexity index is 560. The van der Waals surface area contributed by atoms with E-state index in [2.05, 4.69) is 10.2 Å². The van der Waals surface area contributed by atoms with Crippen LogP contribution in [0, 0.1) is 0 Å². The second-order valence-electron chi connectivity index (χ2n) is 4.68. The number of halogens is 2. The molecule has 1 aliphatic rings. The summed E-state index contributed by atoms with van der Waals surface area (Å²) in [7, 11) is -4.59. The summed E-state index contributed by atoms with van der Waals surface area (Å²) in [6.45, 7) is 4.17. The van der Waals surface area contributed by atoms with Crippen molar-refractivity contribution in [1.29, 1.82) is 0 Å². The normalized spacial score (nSPS) is 17.1. The number of hydrogen-bond donors (Lipinski definition) is 1. The lowest BCUT2D eigenvalue weighted by Crippen LogP contribution is -2.39. The van der Waals surface area contributed by atoms with Gasteiger partial charge in [-0.25, -0.2) is 8.42 Å². The summed E-state index contributed by atoms with van der Waals surface area (Å²) in [5.74, 6) is -3.42. The lowest BCUT2D eigenvalue weighted by atomic mass is 10.3. The highest BCUT2D eigenvalue weighted by Gasteiger charge is 2.28. The van der Waals surface area contributed by atoms with E-state index < -0.39 is 15.6 Å². The number of hydrogen-bond acceptors (Lipinski definition) is 5. The molecule has 2 rings (SSSR count). The number of alkyl halides is 2. The summed E-state index contributed by atoms with van der Waals surface area (Å²) >= 11 is 0. The van der Waals surface area contributed by atoms with Crippen LogP contribution in [-0.2, 0) is 14.6 Å². The van der Waals surface area contributed by atoms with E-state index in [4.69, 9.17) is 4.74 Å². The molecule has 0 spiro atoms. The molecule has 1 fully saturated rings. The number of morpholine rings is 1. The lowest BCUT2D eigenvalue weighted by molar-refractivity contribution is 0.0398. The summed E-state index contributed by atoms with van der Waals surface area (Å²) in [5.41, 5.74) is 0.214. The van der Waals surface area contributed by atoms with Gasteiger partial charge in [0.15, 0.2) is 0 Å². The zero-order chi connectivity index (χ0) is 15.3. The largest absolute Gasteiger partial charge is 0.383 e. The lowest BCUT2D eigenvalue weighted by Gasteiger charge is -2.26. The highest BCUT2D eigenvalue weighted by molar-refractivity contribution is 7.91. The van der Waals surface area contributed by atoms with Crippen LogP contribution in [0.5, 0.6) is 0 Å². The monoisotopic (exact) mass is 320 g/mol. The third-order valence-corrected chi connectivity index (χ3v) is 4.71. The minimum absolute atomic E-state index is 0.214. The molecular weight excluding hydrogens is 302 g/mol. The second-order valence-corrected chi connectivity index (χ2v) is 6.57. The molecule has 5 nitrogen and oxygen atoms in total. The van der Waals surface area contributed by atoms with Gasteiger partial charge in [0.2, 0.25) is 9.84 Å². The molecule has 1 aromatic carbocycles. The first-order valence-corrected chi connectivity index (χ1v) is 8.21. The van der Waals surface area contributed by atoms with E-state index in [1.807, 2.05) is 0 Å². The molecule has 1 N–H and O–H groups in total. The SMILES string of the molecule is O=S(=O)(c1ccccc1NCCN1CCOCC1)C(F)F. The maximum Gasteiger partial charge on any atom is 0.341 e. The number of rotatable bonds is 6. The molecule has 118 valence electrons. The van der Waals surface area contributed by atoms with Crippen LogP contribution in [0.1, 0.15) is 0 Å². The third kappa shape index (κ3) is 4.12. The van der Waals surface area contributed by atoms with Gasteiger partial charge < -0.3 is 10.1 Å². The van der Waals surface area contributed by atoms with Crippen LogP contribution in [0.4, 0.5) is 14.5 Å². The number of nitrogens with zero attached hydrogens (tertiary/aromatic N) is 1. The average Bonchev–Trinajstić information content (AvgIpc) is 2.48. The number of ether oxygens (including phenoxy) is 1. The van der Waals surface area contributed by atoms with E-state index in [1.54, 1.807) is 6.07 Å². The highest BCUT2D eigenvalue weighted by atomic mass is 32.2. The minimum atomic E-state index is -4.59. The van der Waals surface area contributed by atoms with Crippen LogP contribution in [0.3, 0.4) is 0 Å². The maximum absolute atomic E-state index is 12.7. The van der Waals surface area contributed by atoms with Crippen molar-refractivity contribution >= 4 is 15.5 Å². The molecule has 0 atom stereocenters. The molecule has 0 amide bonds. The maximum atomic E-state index is 12.7. The first-order valence-electron chi connectivity index (χ1n) is 6.67. The van der Waals surface area contributed by atoms with E-state index in [9.17, 15) is 17.2 Å². The van der Waals surface area contributed by atoms with Crippen molar-refractivity contribution in [3.8, 4) is 0 Å². The number of para-hydroxylation sites is 1. The quantitative estimate of drug-likeness (QED) is 0.859. The first kappa shape index (κ1) is 16.1. The van der Waals surface area contributed by atoms with Crippen molar-refractivity contribution in [2.24, 2.45) is 0 Å². The zero-order valence-electron chi connectivity index (χ0n) is 11.5. The molecule has 21 heavy (non-hydrogen) atoms. The zero-order valence-corrected chi connectivity index (χ0v) is 12.3. The fourth-order valence-corrected chi connectivity index (χ4v) is 3.04. The summed E-state index contributed by atoms with van der Waals surface area (Å²) in [6, 6.07) is 5.73. The fraction of sp³-hybridized carbons (Fsp3) is 0.538. The van der Waals surface area contributed by atoms with Crippen molar-refractivity contribution in [2.45, 2.75) is 10.7 Å². The van der Waals surface area contributed by atoms with Crippen molar-refractivity contribution in [1.82, 2.24) is 4.90 Å². The van der Waals surface area contributed by atoms with Gasteiger partial charge in [-0.05, 0) is 12.1 Å². The Morgan fingerprint density at radius 3 is 2.57 bits per heavy atom. The molecule has 0 saturated carbocycles. The van der Waals surface area contributed by atoms with Gasteiger partial charge in [-0.2, -0.15) is 8.78 Å². The van der Waals surface area contributed by atoms with Crippen molar-refractivity contribution in [3.63, 3.8) is 0 Å². The van der Waals surface area contributed by atoms with Crippen molar-refractivity contribution < 1.29 is 21.9 Å². The van der Waals surface area contributed by atoms with Gasteiger partial charge in [0.25, 0.3) is 0 Å².